The van der Waals surface area contributed by atoms with Crippen molar-refractivity contribution in [3.63, 3.8) is 0 Å². The summed E-state index contributed by atoms with van der Waals surface area (Å²) in [4.78, 5) is 14.1. The first-order valence-corrected chi connectivity index (χ1v) is 7.80. The van der Waals surface area contributed by atoms with Gasteiger partial charge in [-0.2, -0.15) is 0 Å². The summed E-state index contributed by atoms with van der Waals surface area (Å²) in [5.41, 5.74) is 0.919. The van der Waals surface area contributed by atoms with Crippen LogP contribution in [0.3, 0.4) is 0 Å². The summed E-state index contributed by atoms with van der Waals surface area (Å²) in [5, 5.41) is 2.90. The normalized spacial score (nSPS) is 13.0. The molecule has 0 aromatic heterocycles. The molecule has 0 aliphatic carbocycles. The Morgan fingerprint density at radius 3 is 2.82 bits per heavy atom. The smallest absolute Gasteiger partial charge is 0.243 e. The number of carbonyl (C=O) groups is 1. The molecule has 0 fully saturated rings. The van der Waals surface area contributed by atoms with Crippen molar-refractivity contribution < 1.29 is 14.3 Å². The summed E-state index contributed by atoms with van der Waals surface area (Å²) in [7, 11) is 0. The van der Waals surface area contributed by atoms with Crippen LogP contribution in [0.1, 0.15) is 25.8 Å². The highest BCUT2D eigenvalue weighted by molar-refractivity contribution is 5.91. The molecule has 1 aliphatic rings. The molecule has 0 radical (unpaired) electrons. The first-order chi connectivity index (χ1) is 10.7. The number of benzene rings is 1. The van der Waals surface area contributed by atoms with Crippen molar-refractivity contribution >= 4 is 12.0 Å². The van der Waals surface area contributed by atoms with E-state index in [1.165, 1.54) is 0 Å². The van der Waals surface area contributed by atoms with Gasteiger partial charge in [0.2, 0.25) is 12.7 Å². The molecule has 5 nitrogen and oxygen atoms in total. The van der Waals surface area contributed by atoms with Gasteiger partial charge in [0, 0.05) is 12.6 Å². The number of rotatable bonds is 8. The van der Waals surface area contributed by atoms with Crippen LogP contribution in [0.5, 0.6) is 11.5 Å². The van der Waals surface area contributed by atoms with Crippen LogP contribution < -0.4 is 14.8 Å². The number of nitrogens with zero attached hydrogens (tertiary/aromatic N) is 1. The molecule has 0 unspecified atom stereocenters. The Kier molecular flexibility index (Phi) is 6.27. The average molecular weight is 304 g/mol. The van der Waals surface area contributed by atoms with Gasteiger partial charge in [-0.15, -0.1) is 0 Å². The third kappa shape index (κ3) is 4.77. The van der Waals surface area contributed by atoms with Gasteiger partial charge in [-0.25, -0.2) is 0 Å². The Labute approximate surface area is 131 Å². The monoisotopic (exact) mass is 304 g/mol. The Morgan fingerprint density at radius 2 is 2.05 bits per heavy atom. The summed E-state index contributed by atoms with van der Waals surface area (Å²) >= 11 is 0. The topological polar surface area (TPSA) is 50.8 Å². The number of carbonyl (C=O) groups excluding carboxylic acids is 1. The van der Waals surface area contributed by atoms with Crippen molar-refractivity contribution in [1.29, 1.82) is 0 Å². The van der Waals surface area contributed by atoms with Gasteiger partial charge >= 0.3 is 0 Å². The van der Waals surface area contributed by atoms with E-state index in [0.717, 1.165) is 43.1 Å². The Hall–Kier alpha value is -2.01. The van der Waals surface area contributed by atoms with E-state index in [2.05, 4.69) is 24.1 Å². The summed E-state index contributed by atoms with van der Waals surface area (Å²) < 4.78 is 10.6. The highest BCUT2D eigenvalue weighted by Crippen LogP contribution is 2.32. The summed E-state index contributed by atoms with van der Waals surface area (Å²) in [5.74, 6) is 1.40. The van der Waals surface area contributed by atoms with Gasteiger partial charge in [-0.05, 0) is 49.8 Å². The zero-order valence-electron chi connectivity index (χ0n) is 13.3. The molecule has 1 aromatic rings. The van der Waals surface area contributed by atoms with Crippen LogP contribution in [-0.2, 0) is 4.79 Å². The lowest BCUT2D eigenvalue weighted by Crippen LogP contribution is -2.29. The van der Waals surface area contributed by atoms with Gasteiger partial charge in [0.25, 0.3) is 0 Å². The van der Waals surface area contributed by atoms with Gasteiger partial charge in [0.05, 0.1) is 0 Å². The third-order valence-corrected chi connectivity index (χ3v) is 3.67. The molecule has 1 N–H and O–H groups in total. The number of nitrogens with one attached hydrogen (secondary N) is 1. The quantitative estimate of drug-likeness (QED) is 0.591. The van der Waals surface area contributed by atoms with Gasteiger partial charge in [-0.1, -0.05) is 19.9 Å². The lowest BCUT2D eigenvalue weighted by molar-refractivity contribution is -0.116. The van der Waals surface area contributed by atoms with Crippen molar-refractivity contribution in [2.75, 3.05) is 33.0 Å². The Balaban J connectivity index is 1.72. The van der Waals surface area contributed by atoms with E-state index in [-0.39, 0.29) is 12.7 Å². The van der Waals surface area contributed by atoms with Gasteiger partial charge in [-0.3, -0.25) is 4.79 Å². The number of amides is 1. The molecular formula is C17H24N2O3. The number of ether oxygens (including phenoxy) is 2. The zero-order chi connectivity index (χ0) is 15.8. The molecule has 0 bridgehead atoms. The largest absolute Gasteiger partial charge is 0.454 e. The lowest BCUT2D eigenvalue weighted by Gasteiger charge is -2.17. The molecule has 1 heterocycles. The maximum absolute atomic E-state index is 11.8. The first-order valence-electron chi connectivity index (χ1n) is 7.80. The minimum atomic E-state index is -0.0720. The van der Waals surface area contributed by atoms with E-state index in [1.807, 2.05) is 18.2 Å². The molecule has 0 saturated carbocycles. The second-order valence-electron chi connectivity index (χ2n) is 5.12. The number of fused-ring (bicyclic) bond motifs is 1. The number of hydrogen-bond donors (Lipinski definition) is 1. The van der Waals surface area contributed by atoms with Crippen LogP contribution in [0.2, 0.25) is 0 Å². The molecule has 22 heavy (non-hydrogen) atoms. The summed E-state index contributed by atoms with van der Waals surface area (Å²) in [6, 6.07) is 5.62. The predicted molar refractivity (Wildman–Crippen MR) is 87.0 cm³/mol. The molecule has 120 valence electrons. The molecule has 1 amide bonds. The van der Waals surface area contributed by atoms with E-state index in [0.29, 0.717) is 6.54 Å². The molecule has 0 spiro atoms. The van der Waals surface area contributed by atoms with Crippen LogP contribution in [0.4, 0.5) is 0 Å². The second-order valence-corrected chi connectivity index (χ2v) is 5.12. The highest BCUT2D eigenvalue weighted by Gasteiger charge is 2.12. The standard InChI is InChI=1S/C17H24N2O3/c1-3-19(4-2)11-5-10-18-17(20)9-7-14-6-8-15-16(12-14)22-13-21-15/h6-9,12H,3-5,10-11,13H2,1-2H3,(H,18,20)/b9-7+. The van der Waals surface area contributed by atoms with E-state index in [9.17, 15) is 4.79 Å². The summed E-state index contributed by atoms with van der Waals surface area (Å²) in [6.07, 6.45) is 4.29. The van der Waals surface area contributed by atoms with E-state index >= 15 is 0 Å². The minimum Gasteiger partial charge on any atom is -0.454 e. The van der Waals surface area contributed by atoms with Crippen LogP contribution in [0.15, 0.2) is 24.3 Å². The zero-order valence-corrected chi connectivity index (χ0v) is 13.3. The second kappa shape index (κ2) is 8.44. The molecule has 1 aliphatic heterocycles. The van der Waals surface area contributed by atoms with E-state index < -0.39 is 0 Å². The van der Waals surface area contributed by atoms with Gasteiger partial charge in [0.15, 0.2) is 11.5 Å². The molecule has 5 heteroatoms. The maximum atomic E-state index is 11.8. The molecule has 0 saturated heterocycles. The van der Waals surface area contributed by atoms with Crippen LogP contribution in [0.25, 0.3) is 6.08 Å². The summed E-state index contributed by atoms with van der Waals surface area (Å²) in [6.45, 7) is 8.37. The van der Waals surface area contributed by atoms with Crippen LogP contribution in [-0.4, -0.2) is 43.8 Å². The third-order valence-electron chi connectivity index (χ3n) is 3.67. The van der Waals surface area contributed by atoms with Crippen molar-refractivity contribution in [3.8, 4) is 11.5 Å². The molecule has 1 aromatic carbocycles. The first kappa shape index (κ1) is 16.4. The SMILES string of the molecule is CCN(CC)CCCNC(=O)/C=C/c1ccc2c(c1)OCO2. The lowest BCUT2D eigenvalue weighted by atomic mass is 10.2. The Morgan fingerprint density at radius 1 is 1.27 bits per heavy atom. The Bertz CT molecular complexity index is 525. The molecule has 0 atom stereocenters. The van der Waals surface area contributed by atoms with Crippen LogP contribution >= 0.6 is 0 Å². The van der Waals surface area contributed by atoms with Crippen LogP contribution in [0, 0.1) is 0 Å². The maximum Gasteiger partial charge on any atom is 0.243 e. The number of hydrogen-bond acceptors (Lipinski definition) is 4. The fraction of sp³-hybridized carbons (Fsp3) is 0.471. The van der Waals surface area contributed by atoms with Crippen molar-refractivity contribution in [2.24, 2.45) is 0 Å². The van der Waals surface area contributed by atoms with Gasteiger partial charge < -0.3 is 19.7 Å². The fourth-order valence-electron chi connectivity index (χ4n) is 2.30. The predicted octanol–water partition coefficient (Wildman–Crippen LogP) is 2.28. The van der Waals surface area contributed by atoms with E-state index in [1.54, 1.807) is 12.2 Å². The van der Waals surface area contributed by atoms with Crippen molar-refractivity contribution in [2.45, 2.75) is 20.3 Å². The van der Waals surface area contributed by atoms with Gasteiger partial charge in [0.1, 0.15) is 0 Å². The van der Waals surface area contributed by atoms with Crippen molar-refractivity contribution in [1.82, 2.24) is 10.2 Å². The minimum absolute atomic E-state index is 0.0720. The highest BCUT2D eigenvalue weighted by atomic mass is 16.7. The fourth-order valence-corrected chi connectivity index (χ4v) is 2.30. The molecular weight excluding hydrogens is 280 g/mol. The average Bonchev–Trinajstić information content (AvgIpc) is 3.00. The molecule has 2 rings (SSSR count). The van der Waals surface area contributed by atoms with Crippen molar-refractivity contribution in [3.05, 3.63) is 29.8 Å². The van der Waals surface area contributed by atoms with E-state index in [4.69, 9.17) is 9.47 Å².